The first-order chi connectivity index (χ1) is 9.60. The molecule has 0 aromatic heterocycles. The summed E-state index contributed by atoms with van der Waals surface area (Å²) in [5.74, 6) is -2.08. The molecule has 1 aliphatic rings. The highest BCUT2D eigenvalue weighted by atomic mass is 16.6. The topological polar surface area (TPSA) is 116 Å². The highest BCUT2D eigenvalue weighted by molar-refractivity contribution is 5.80. The number of carbonyl (C=O) groups excluding carboxylic acids is 1. The summed E-state index contributed by atoms with van der Waals surface area (Å²) < 4.78 is 5.00. The highest BCUT2D eigenvalue weighted by Gasteiger charge is 2.34. The van der Waals surface area contributed by atoms with Crippen LogP contribution in [0.4, 0.5) is 4.79 Å². The van der Waals surface area contributed by atoms with Crippen LogP contribution in [0.3, 0.4) is 0 Å². The summed E-state index contributed by atoms with van der Waals surface area (Å²) in [6, 6.07) is -1.66. The Morgan fingerprint density at radius 1 is 1.33 bits per heavy atom. The number of likely N-dealkylation sites (tertiary alicyclic amines) is 1. The fraction of sp³-hybridized carbons (Fsp3) is 0.769. The summed E-state index contributed by atoms with van der Waals surface area (Å²) in [4.78, 5) is 35.2. The lowest BCUT2D eigenvalue weighted by Crippen LogP contribution is -2.54. The lowest BCUT2D eigenvalue weighted by molar-refractivity contribution is -0.148. The van der Waals surface area contributed by atoms with E-state index in [2.05, 4.69) is 5.32 Å². The van der Waals surface area contributed by atoms with E-state index in [1.807, 2.05) is 0 Å². The quantitative estimate of drug-likeness (QED) is 0.654. The van der Waals surface area contributed by atoms with Crippen LogP contribution < -0.4 is 5.32 Å². The van der Waals surface area contributed by atoms with Crippen molar-refractivity contribution in [3.63, 3.8) is 0 Å². The van der Waals surface area contributed by atoms with Crippen LogP contribution >= 0.6 is 0 Å². The Labute approximate surface area is 123 Å². The molecule has 0 aliphatic carbocycles. The largest absolute Gasteiger partial charge is 0.480 e. The number of hydrogen-bond acceptors (Lipinski definition) is 5. The Morgan fingerprint density at radius 2 is 1.95 bits per heavy atom. The van der Waals surface area contributed by atoms with Crippen molar-refractivity contribution in [1.29, 1.82) is 0 Å². The predicted molar refractivity (Wildman–Crippen MR) is 73.0 cm³/mol. The first kappa shape index (κ1) is 17.2. The van der Waals surface area contributed by atoms with Crippen LogP contribution in [0.15, 0.2) is 0 Å². The molecule has 0 aromatic rings. The van der Waals surface area contributed by atoms with Crippen LogP contribution in [-0.2, 0) is 14.3 Å². The van der Waals surface area contributed by atoms with Gasteiger partial charge in [0.05, 0.1) is 0 Å². The van der Waals surface area contributed by atoms with Gasteiger partial charge in [0.1, 0.15) is 17.7 Å². The molecule has 0 aromatic carbocycles. The van der Waals surface area contributed by atoms with Crippen molar-refractivity contribution < 1.29 is 29.3 Å². The molecule has 2 atom stereocenters. The molecule has 1 amide bonds. The van der Waals surface area contributed by atoms with E-state index in [1.165, 1.54) is 0 Å². The van der Waals surface area contributed by atoms with Crippen molar-refractivity contribution in [3.05, 3.63) is 0 Å². The van der Waals surface area contributed by atoms with Crippen LogP contribution in [0.1, 0.15) is 33.6 Å². The predicted octanol–water partition coefficient (Wildman–Crippen LogP) is 0.513. The van der Waals surface area contributed by atoms with E-state index in [1.54, 1.807) is 25.7 Å². The number of hydrogen-bond donors (Lipinski definition) is 3. The first-order valence-corrected chi connectivity index (χ1v) is 6.79. The number of alkyl carbamates (subject to hydrolysis) is 1. The molecule has 0 bridgehead atoms. The number of rotatable bonds is 6. The van der Waals surface area contributed by atoms with E-state index < -0.39 is 35.7 Å². The fourth-order valence-electron chi connectivity index (χ4n) is 1.99. The molecule has 0 radical (unpaired) electrons. The van der Waals surface area contributed by atoms with Gasteiger partial charge in [-0.25, -0.2) is 9.59 Å². The van der Waals surface area contributed by atoms with Gasteiger partial charge in [0.15, 0.2) is 0 Å². The minimum Gasteiger partial charge on any atom is -0.480 e. The summed E-state index contributed by atoms with van der Waals surface area (Å²) in [5.41, 5.74) is -0.709. The molecule has 1 saturated heterocycles. The fourth-order valence-corrected chi connectivity index (χ4v) is 1.99. The third kappa shape index (κ3) is 5.58. The van der Waals surface area contributed by atoms with Gasteiger partial charge in [-0.3, -0.25) is 9.69 Å². The molecule has 8 nitrogen and oxygen atoms in total. The Morgan fingerprint density at radius 3 is 2.33 bits per heavy atom. The van der Waals surface area contributed by atoms with Crippen LogP contribution in [-0.4, -0.2) is 63.9 Å². The molecule has 8 heteroatoms. The van der Waals surface area contributed by atoms with Crippen molar-refractivity contribution in [2.75, 3.05) is 13.1 Å². The monoisotopic (exact) mass is 302 g/mol. The molecular formula is C13H22N2O6. The second kappa shape index (κ2) is 6.75. The zero-order valence-electron chi connectivity index (χ0n) is 12.5. The molecule has 1 rings (SSSR count). The molecule has 1 fully saturated rings. The molecular weight excluding hydrogens is 280 g/mol. The van der Waals surface area contributed by atoms with Gasteiger partial charge in [0.2, 0.25) is 0 Å². The maximum atomic E-state index is 11.6. The number of aliphatic carboxylic acids is 2. The van der Waals surface area contributed by atoms with Crippen molar-refractivity contribution >= 4 is 18.0 Å². The third-order valence-corrected chi connectivity index (χ3v) is 3.11. The second-order valence-corrected chi connectivity index (χ2v) is 6.00. The van der Waals surface area contributed by atoms with Crippen LogP contribution in [0, 0.1) is 0 Å². The van der Waals surface area contributed by atoms with Crippen molar-refractivity contribution in [2.45, 2.75) is 51.3 Å². The highest BCUT2D eigenvalue weighted by Crippen LogP contribution is 2.18. The Kier molecular flexibility index (Phi) is 5.54. The minimum atomic E-state index is -1.17. The standard InChI is InChI=1S/C13H22N2O6/c1-13(2,3)21-12(20)14-8(10(16)17)4-6-15-7-5-9(15)11(18)19/h8-9H,4-7H2,1-3H3,(H,14,20)(H,16,17)(H,18,19). The number of carbonyl (C=O) groups is 3. The van der Waals surface area contributed by atoms with Crippen LogP contribution in [0.5, 0.6) is 0 Å². The summed E-state index contributed by atoms with van der Waals surface area (Å²) in [6.07, 6.45) is -0.112. The number of nitrogens with zero attached hydrogens (tertiary/aromatic N) is 1. The van der Waals surface area contributed by atoms with Gasteiger partial charge in [-0.1, -0.05) is 0 Å². The third-order valence-electron chi connectivity index (χ3n) is 3.11. The first-order valence-electron chi connectivity index (χ1n) is 6.79. The smallest absolute Gasteiger partial charge is 0.408 e. The lowest BCUT2D eigenvalue weighted by atomic mass is 10.0. The van der Waals surface area contributed by atoms with Crippen molar-refractivity contribution in [1.82, 2.24) is 10.2 Å². The zero-order valence-corrected chi connectivity index (χ0v) is 12.5. The lowest BCUT2D eigenvalue weighted by Gasteiger charge is -2.38. The summed E-state index contributed by atoms with van der Waals surface area (Å²) in [6.45, 7) is 5.96. The summed E-state index contributed by atoms with van der Waals surface area (Å²) >= 11 is 0. The summed E-state index contributed by atoms with van der Waals surface area (Å²) in [7, 11) is 0. The molecule has 1 heterocycles. The van der Waals surface area contributed by atoms with Gasteiger partial charge in [-0.2, -0.15) is 0 Å². The average molecular weight is 302 g/mol. The van der Waals surface area contributed by atoms with E-state index in [4.69, 9.17) is 14.9 Å². The van der Waals surface area contributed by atoms with E-state index in [0.717, 1.165) is 0 Å². The number of carboxylic acids is 2. The molecule has 0 spiro atoms. The number of nitrogens with one attached hydrogen (secondary N) is 1. The van der Waals surface area contributed by atoms with Crippen molar-refractivity contribution in [3.8, 4) is 0 Å². The number of amides is 1. The minimum absolute atomic E-state index is 0.123. The average Bonchev–Trinajstić information content (AvgIpc) is 2.22. The van der Waals surface area contributed by atoms with Gasteiger partial charge in [0, 0.05) is 13.1 Å². The van der Waals surface area contributed by atoms with Crippen molar-refractivity contribution in [2.24, 2.45) is 0 Å². The Hall–Kier alpha value is -1.83. The summed E-state index contributed by atoms with van der Waals surface area (Å²) in [5, 5.41) is 20.3. The molecule has 2 unspecified atom stereocenters. The zero-order chi connectivity index (χ0) is 16.2. The van der Waals surface area contributed by atoms with Gasteiger partial charge < -0.3 is 20.3 Å². The molecule has 21 heavy (non-hydrogen) atoms. The normalized spacial score (nSPS) is 20.2. The maximum absolute atomic E-state index is 11.6. The molecule has 120 valence electrons. The molecule has 0 saturated carbocycles. The number of carboxylic acid groups (broad SMARTS) is 2. The molecule has 3 N–H and O–H groups in total. The molecule has 1 aliphatic heterocycles. The Balaban J connectivity index is 2.46. The van der Waals surface area contributed by atoms with E-state index in [0.29, 0.717) is 19.5 Å². The van der Waals surface area contributed by atoms with E-state index >= 15 is 0 Å². The maximum Gasteiger partial charge on any atom is 0.408 e. The Bertz CT molecular complexity index is 417. The van der Waals surface area contributed by atoms with Gasteiger partial charge >= 0.3 is 18.0 Å². The SMILES string of the molecule is CC(C)(C)OC(=O)NC(CCN1CCC1C(=O)O)C(=O)O. The van der Waals surface area contributed by atoms with E-state index in [-0.39, 0.29) is 6.42 Å². The van der Waals surface area contributed by atoms with Gasteiger partial charge in [-0.15, -0.1) is 0 Å². The van der Waals surface area contributed by atoms with Crippen LogP contribution in [0.25, 0.3) is 0 Å². The van der Waals surface area contributed by atoms with Gasteiger partial charge in [-0.05, 0) is 33.6 Å². The number of ether oxygens (including phenoxy) is 1. The van der Waals surface area contributed by atoms with Crippen LogP contribution in [0.2, 0.25) is 0 Å². The van der Waals surface area contributed by atoms with Gasteiger partial charge in [0.25, 0.3) is 0 Å². The second-order valence-electron chi connectivity index (χ2n) is 6.00. The van der Waals surface area contributed by atoms with E-state index in [9.17, 15) is 14.4 Å².